The average molecular weight is 445 g/mol. The minimum Gasteiger partial charge on any atom is -0.316 e. The molecule has 156 valence electrons. The van der Waals surface area contributed by atoms with E-state index in [9.17, 15) is 19.7 Å². The monoisotopic (exact) mass is 444 g/mol. The van der Waals surface area contributed by atoms with Crippen molar-refractivity contribution in [3.63, 3.8) is 0 Å². The van der Waals surface area contributed by atoms with Crippen LogP contribution >= 0.6 is 23.1 Å². The SMILES string of the molecule is CN(C)CCSc1sc(/C=c2\[nH]c(=O)/c(=C/c3ccccc3)[nH]c2=O)cc1[N+](=O)[O-]. The Bertz CT molecular complexity index is 1280. The first-order chi connectivity index (χ1) is 14.3. The number of aromatic nitrogens is 2. The lowest BCUT2D eigenvalue weighted by atomic mass is 10.2. The van der Waals surface area contributed by atoms with Gasteiger partial charge in [0.1, 0.15) is 14.9 Å². The van der Waals surface area contributed by atoms with Gasteiger partial charge in [-0.1, -0.05) is 30.3 Å². The van der Waals surface area contributed by atoms with Gasteiger partial charge in [-0.25, -0.2) is 0 Å². The van der Waals surface area contributed by atoms with E-state index in [-0.39, 0.29) is 16.4 Å². The quantitative estimate of drug-likeness (QED) is 0.323. The van der Waals surface area contributed by atoms with Gasteiger partial charge in [0.25, 0.3) is 16.8 Å². The van der Waals surface area contributed by atoms with E-state index in [1.807, 2.05) is 49.3 Å². The van der Waals surface area contributed by atoms with E-state index in [4.69, 9.17) is 0 Å². The fraction of sp³-hybridized carbons (Fsp3) is 0.200. The number of thiophene rings is 1. The van der Waals surface area contributed by atoms with E-state index in [1.165, 1.54) is 35.2 Å². The molecule has 0 atom stereocenters. The molecule has 0 spiro atoms. The first kappa shape index (κ1) is 21.8. The maximum absolute atomic E-state index is 12.4. The largest absolute Gasteiger partial charge is 0.316 e. The highest BCUT2D eigenvalue weighted by Crippen LogP contribution is 2.37. The number of H-pyrrole nitrogens is 2. The smallest absolute Gasteiger partial charge is 0.294 e. The zero-order valence-electron chi connectivity index (χ0n) is 16.4. The van der Waals surface area contributed by atoms with Gasteiger partial charge in [-0.05, 0) is 31.8 Å². The molecule has 2 aromatic heterocycles. The minimum atomic E-state index is -0.477. The van der Waals surface area contributed by atoms with Crippen molar-refractivity contribution in [1.29, 1.82) is 0 Å². The predicted octanol–water partition coefficient (Wildman–Crippen LogP) is 1.34. The van der Waals surface area contributed by atoms with Gasteiger partial charge in [0, 0.05) is 23.2 Å². The number of hydrogen-bond donors (Lipinski definition) is 2. The molecule has 0 saturated carbocycles. The number of nitrogens with one attached hydrogen (secondary N) is 2. The van der Waals surface area contributed by atoms with Crippen LogP contribution in [0.3, 0.4) is 0 Å². The van der Waals surface area contributed by atoms with Gasteiger partial charge in [-0.2, -0.15) is 0 Å². The zero-order chi connectivity index (χ0) is 21.7. The molecule has 10 heteroatoms. The summed E-state index contributed by atoms with van der Waals surface area (Å²) in [5.74, 6) is 0.704. The molecule has 0 bridgehead atoms. The molecule has 0 amide bonds. The Labute approximate surface area is 179 Å². The Balaban J connectivity index is 1.98. The van der Waals surface area contributed by atoms with Crippen LogP contribution in [0.1, 0.15) is 10.4 Å². The minimum absolute atomic E-state index is 0.00260. The Hall–Kier alpha value is -2.95. The third kappa shape index (κ3) is 5.56. The summed E-state index contributed by atoms with van der Waals surface area (Å²) < 4.78 is 0.570. The van der Waals surface area contributed by atoms with E-state index >= 15 is 0 Å². The van der Waals surface area contributed by atoms with Gasteiger partial charge >= 0.3 is 0 Å². The number of hydrogen-bond acceptors (Lipinski definition) is 7. The van der Waals surface area contributed by atoms with Crippen molar-refractivity contribution < 1.29 is 4.92 Å². The maximum atomic E-state index is 12.4. The van der Waals surface area contributed by atoms with Crippen LogP contribution in [0, 0.1) is 10.1 Å². The number of thioether (sulfide) groups is 1. The topological polar surface area (TPSA) is 112 Å². The van der Waals surface area contributed by atoms with Crippen molar-refractivity contribution in [1.82, 2.24) is 14.9 Å². The van der Waals surface area contributed by atoms with Crippen molar-refractivity contribution in [2.24, 2.45) is 0 Å². The Morgan fingerprint density at radius 1 is 1.10 bits per heavy atom. The highest BCUT2D eigenvalue weighted by molar-refractivity contribution is 8.01. The third-order valence-corrected chi connectivity index (χ3v) is 6.38. The van der Waals surface area contributed by atoms with Crippen LogP contribution in [0.2, 0.25) is 0 Å². The predicted molar refractivity (Wildman–Crippen MR) is 121 cm³/mol. The van der Waals surface area contributed by atoms with Gasteiger partial charge in [-0.3, -0.25) is 19.7 Å². The second-order valence-corrected chi connectivity index (χ2v) is 9.11. The fourth-order valence-corrected chi connectivity index (χ4v) is 5.06. The van der Waals surface area contributed by atoms with Gasteiger partial charge in [-0.15, -0.1) is 23.1 Å². The molecule has 0 saturated heterocycles. The van der Waals surface area contributed by atoms with Gasteiger partial charge in [0.15, 0.2) is 0 Å². The van der Waals surface area contributed by atoms with Crippen LogP contribution in [-0.2, 0) is 0 Å². The number of nitrogens with zero attached hydrogens (tertiary/aromatic N) is 2. The van der Waals surface area contributed by atoms with Crippen molar-refractivity contribution in [2.45, 2.75) is 4.21 Å². The molecular weight excluding hydrogens is 424 g/mol. The molecule has 3 aromatic rings. The molecule has 0 aliphatic carbocycles. The molecule has 2 heterocycles. The van der Waals surface area contributed by atoms with E-state index in [0.717, 1.165) is 12.1 Å². The highest BCUT2D eigenvalue weighted by Gasteiger charge is 2.18. The van der Waals surface area contributed by atoms with Crippen molar-refractivity contribution in [2.75, 3.05) is 26.4 Å². The summed E-state index contributed by atoms with van der Waals surface area (Å²) in [6.07, 6.45) is 3.04. The summed E-state index contributed by atoms with van der Waals surface area (Å²) in [6.45, 7) is 0.783. The standard InChI is InChI=1S/C20H20N4O4S2/c1-23(2)8-9-29-20-17(24(27)28)12-14(30-20)11-16-19(26)21-15(18(25)22-16)10-13-6-4-3-5-7-13/h3-7,10-12H,8-9H2,1-2H3,(H,21,26)(H,22,25)/b15-10-,16-11-. The van der Waals surface area contributed by atoms with Crippen LogP contribution in [0.4, 0.5) is 5.69 Å². The van der Waals surface area contributed by atoms with Gasteiger partial charge in [0.2, 0.25) is 0 Å². The maximum Gasteiger partial charge on any atom is 0.294 e. The Morgan fingerprint density at radius 3 is 2.33 bits per heavy atom. The lowest BCUT2D eigenvalue weighted by molar-refractivity contribution is -0.387. The second kappa shape index (κ2) is 9.70. The number of aromatic amines is 2. The van der Waals surface area contributed by atoms with Crippen LogP contribution in [-0.4, -0.2) is 46.2 Å². The molecule has 0 unspecified atom stereocenters. The number of rotatable bonds is 7. The lowest BCUT2D eigenvalue weighted by Crippen LogP contribution is -2.46. The second-order valence-electron chi connectivity index (χ2n) is 6.67. The van der Waals surface area contributed by atoms with E-state index in [1.54, 1.807) is 6.08 Å². The Kier molecular flexibility index (Phi) is 7.03. The Morgan fingerprint density at radius 2 is 1.73 bits per heavy atom. The zero-order valence-corrected chi connectivity index (χ0v) is 18.0. The van der Waals surface area contributed by atoms with Crippen LogP contribution in [0.15, 0.2) is 50.2 Å². The third-order valence-electron chi connectivity index (χ3n) is 4.05. The van der Waals surface area contributed by atoms with E-state index < -0.39 is 16.0 Å². The van der Waals surface area contributed by atoms with Crippen molar-refractivity contribution >= 4 is 40.9 Å². The number of benzene rings is 1. The normalized spacial score (nSPS) is 12.6. The summed E-state index contributed by atoms with van der Waals surface area (Å²) >= 11 is 2.62. The molecule has 0 aliphatic rings. The molecule has 0 aliphatic heterocycles. The molecule has 30 heavy (non-hydrogen) atoms. The van der Waals surface area contributed by atoms with Gasteiger partial charge < -0.3 is 14.9 Å². The molecule has 0 radical (unpaired) electrons. The molecule has 0 fully saturated rings. The molecule has 2 N–H and O–H groups in total. The average Bonchev–Trinajstić information content (AvgIpc) is 3.09. The summed E-state index contributed by atoms with van der Waals surface area (Å²) in [5, 5.41) is 11.6. The number of nitro groups is 1. The van der Waals surface area contributed by atoms with E-state index in [2.05, 4.69) is 9.97 Å². The first-order valence-corrected chi connectivity index (χ1v) is 10.8. The summed E-state index contributed by atoms with van der Waals surface area (Å²) in [5.41, 5.74) is -0.141. The van der Waals surface area contributed by atoms with Crippen LogP contribution in [0.5, 0.6) is 0 Å². The fourth-order valence-electron chi connectivity index (χ4n) is 2.56. The molecule has 8 nitrogen and oxygen atoms in total. The van der Waals surface area contributed by atoms with Crippen LogP contribution in [0.25, 0.3) is 12.2 Å². The summed E-state index contributed by atoms with van der Waals surface area (Å²) in [6, 6.07) is 10.6. The van der Waals surface area contributed by atoms with E-state index in [0.29, 0.717) is 14.8 Å². The summed E-state index contributed by atoms with van der Waals surface area (Å²) in [4.78, 5) is 43.4. The van der Waals surface area contributed by atoms with Gasteiger partial charge in [0.05, 0.1) is 4.92 Å². The highest BCUT2D eigenvalue weighted by atomic mass is 32.2. The molecular formula is C20H20N4O4S2. The first-order valence-electron chi connectivity index (χ1n) is 9.00. The van der Waals surface area contributed by atoms with Crippen molar-refractivity contribution in [3.8, 4) is 0 Å². The van der Waals surface area contributed by atoms with Crippen LogP contribution < -0.4 is 21.8 Å². The lowest BCUT2D eigenvalue weighted by Gasteiger charge is -2.07. The van der Waals surface area contributed by atoms with Crippen molar-refractivity contribution in [3.05, 3.63) is 88.4 Å². The molecule has 1 aromatic carbocycles. The molecule has 3 rings (SSSR count). The summed E-state index contributed by atoms with van der Waals surface area (Å²) in [7, 11) is 3.87.